The van der Waals surface area contributed by atoms with E-state index in [1.807, 2.05) is 6.92 Å². The van der Waals surface area contributed by atoms with Crippen LogP contribution in [0.1, 0.15) is 26.2 Å². The minimum atomic E-state index is -0.324. The van der Waals surface area contributed by atoms with E-state index in [-0.39, 0.29) is 23.7 Å². The molecule has 0 heterocycles. The predicted octanol–water partition coefficient (Wildman–Crippen LogP) is 1.69. The van der Waals surface area contributed by atoms with E-state index < -0.39 is 0 Å². The fourth-order valence-electron chi connectivity index (χ4n) is 1.54. The van der Waals surface area contributed by atoms with Crippen LogP contribution in [-0.2, 0) is 9.47 Å². The van der Waals surface area contributed by atoms with Crippen LogP contribution in [0.4, 0.5) is 0 Å². The second-order valence-electron chi connectivity index (χ2n) is 3.23. The van der Waals surface area contributed by atoms with Gasteiger partial charge >= 0.3 is 0 Å². The molecule has 14 heavy (non-hydrogen) atoms. The molecule has 0 aromatic carbocycles. The Morgan fingerprint density at radius 2 is 1.86 bits per heavy atom. The van der Waals surface area contributed by atoms with Gasteiger partial charge in [0.2, 0.25) is 6.54 Å². The van der Waals surface area contributed by atoms with Crippen LogP contribution >= 0.6 is 0 Å². The minimum Gasteiger partial charge on any atom is -0.356 e. The van der Waals surface area contributed by atoms with Gasteiger partial charge in [-0.15, -0.1) is 0 Å². The average molecular weight is 205 g/mol. The van der Waals surface area contributed by atoms with Gasteiger partial charge in [0.25, 0.3) is 0 Å². The van der Waals surface area contributed by atoms with E-state index in [9.17, 15) is 10.1 Å². The van der Waals surface area contributed by atoms with Gasteiger partial charge in [0.1, 0.15) is 0 Å². The SMILES string of the molecule is CCCC(CC[N+](=O)[O-])C(OC)OC. The standard InChI is InChI=1S/C9H19NO4/c1-4-5-8(6-7-10(11)12)9(13-2)14-3/h8-9H,4-7H2,1-3H3. The lowest BCUT2D eigenvalue weighted by Gasteiger charge is -2.22. The Morgan fingerprint density at radius 3 is 2.21 bits per heavy atom. The van der Waals surface area contributed by atoms with E-state index >= 15 is 0 Å². The van der Waals surface area contributed by atoms with Crippen molar-refractivity contribution in [2.75, 3.05) is 20.8 Å². The van der Waals surface area contributed by atoms with Crippen LogP contribution in [0.25, 0.3) is 0 Å². The lowest BCUT2D eigenvalue weighted by Crippen LogP contribution is -2.26. The third-order valence-electron chi connectivity index (χ3n) is 2.19. The third kappa shape index (κ3) is 5.14. The molecule has 0 aliphatic rings. The average Bonchev–Trinajstić information content (AvgIpc) is 2.15. The van der Waals surface area contributed by atoms with Crippen LogP contribution < -0.4 is 0 Å². The van der Waals surface area contributed by atoms with Gasteiger partial charge in [-0.2, -0.15) is 0 Å². The van der Waals surface area contributed by atoms with Gasteiger partial charge in [0, 0.05) is 31.5 Å². The molecule has 1 unspecified atom stereocenters. The van der Waals surface area contributed by atoms with E-state index in [4.69, 9.17) is 9.47 Å². The molecule has 0 amide bonds. The Labute approximate surface area is 84.5 Å². The molecule has 0 saturated carbocycles. The molecule has 5 nitrogen and oxygen atoms in total. The van der Waals surface area contributed by atoms with E-state index in [1.54, 1.807) is 14.2 Å². The molecule has 0 aromatic heterocycles. The minimum absolute atomic E-state index is 0.0200. The number of hydrogen-bond acceptors (Lipinski definition) is 4. The first kappa shape index (κ1) is 13.3. The maximum absolute atomic E-state index is 10.2. The van der Waals surface area contributed by atoms with Crippen LogP contribution in [0.2, 0.25) is 0 Å². The summed E-state index contributed by atoms with van der Waals surface area (Å²) < 4.78 is 10.2. The summed E-state index contributed by atoms with van der Waals surface area (Å²) >= 11 is 0. The molecular weight excluding hydrogens is 186 g/mol. The maximum atomic E-state index is 10.2. The summed E-state index contributed by atoms with van der Waals surface area (Å²) in [6, 6.07) is 0. The van der Waals surface area contributed by atoms with Gasteiger partial charge in [-0.1, -0.05) is 13.3 Å². The van der Waals surface area contributed by atoms with Gasteiger partial charge in [-0.3, -0.25) is 10.1 Å². The number of ether oxygens (including phenoxy) is 2. The van der Waals surface area contributed by atoms with Crippen LogP contribution in [0.5, 0.6) is 0 Å². The second kappa shape index (κ2) is 7.70. The van der Waals surface area contributed by atoms with Gasteiger partial charge in [0.05, 0.1) is 0 Å². The quantitative estimate of drug-likeness (QED) is 0.343. The summed E-state index contributed by atoms with van der Waals surface area (Å²) in [5.41, 5.74) is 0. The Morgan fingerprint density at radius 1 is 1.29 bits per heavy atom. The number of nitrogens with zero attached hydrogens (tertiary/aromatic N) is 1. The molecule has 0 saturated heterocycles. The van der Waals surface area contributed by atoms with E-state index in [0.29, 0.717) is 6.42 Å². The summed E-state index contributed by atoms with van der Waals surface area (Å²) in [6.07, 6.45) is 2.05. The number of rotatable bonds is 8. The zero-order valence-corrected chi connectivity index (χ0v) is 9.06. The zero-order valence-electron chi connectivity index (χ0n) is 9.06. The first-order chi connectivity index (χ1) is 6.65. The van der Waals surface area contributed by atoms with Crippen molar-refractivity contribution in [1.82, 2.24) is 0 Å². The molecule has 0 bridgehead atoms. The Bertz CT molecular complexity index is 159. The largest absolute Gasteiger partial charge is 0.356 e. The highest BCUT2D eigenvalue weighted by Crippen LogP contribution is 2.18. The molecule has 0 aliphatic carbocycles. The van der Waals surface area contributed by atoms with Crippen molar-refractivity contribution in [3.63, 3.8) is 0 Å². The first-order valence-corrected chi connectivity index (χ1v) is 4.83. The highest BCUT2D eigenvalue weighted by Gasteiger charge is 2.21. The molecule has 0 aliphatic heterocycles. The van der Waals surface area contributed by atoms with E-state index in [1.165, 1.54) is 0 Å². The molecule has 5 heteroatoms. The topological polar surface area (TPSA) is 61.6 Å². The fourth-order valence-corrected chi connectivity index (χ4v) is 1.54. The zero-order chi connectivity index (χ0) is 11.0. The highest BCUT2D eigenvalue weighted by atomic mass is 16.7. The molecule has 0 rings (SSSR count). The number of hydrogen-bond donors (Lipinski definition) is 0. The molecule has 0 radical (unpaired) electrons. The Kier molecular flexibility index (Phi) is 7.32. The maximum Gasteiger partial charge on any atom is 0.204 e. The summed E-state index contributed by atoms with van der Waals surface area (Å²) in [7, 11) is 3.12. The fraction of sp³-hybridized carbons (Fsp3) is 1.00. The molecular formula is C9H19NO4. The van der Waals surface area contributed by atoms with Crippen LogP contribution in [0.3, 0.4) is 0 Å². The normalized spacial score (nSPS) is 13.1. The van der Waals surface area contributed by atoms with Crippen molar-refractivity contribution in [1.29, 1.82) is 0 Å². The van der Waals surface area contributed by atoms with Gasteiger partial charge in [-0.05, 0) is 6.42 Å². The molecule has 0 aromatic rings. The van der Waals surface area contributed by atoms with Crippen LogP contribution in [0, 0.1) is 16.0 Å². The Balaban J connectivity index is 4.04. The van der Waals surface area contributed by atoms with E-state index in [2.05, 4.69) is 0 Å². The van der Waals surface area contributed by atoms with Crippen LogP contribution in [-0.4, -0.2) is 32.0 Å². The molecule has 0 fully saturated rings. The summed E-state index contributed by atoms with van der Waals surface area (Å²) in [4.78, 5) is 9.93. The summed E-state index contributed by atoms with van der Waals surface area (Å²) in [6.45, 7) is 2.02. The molecule has 1 atom stereocenters. The predicted molar refractivity (Wildman–Crippen MR) is 52.7 cm³/mol. The van der Waals surface area contributed by atoms with E-state index in [0.717, 1.165) is 12.8 Å². The van der Waals surface area contributed by atoms with Crippen molar-refractivity contribution in [2.24, 2.45) is 5.92 Å². The molecule has 84 valence electrons. The number of methoxy groups -OCH3 is 2. The van der Waals surface area contributed by atoms with Crippen molar-refractivity contribution < 1.29 is 14.4 Å². The lowest BCUT2D eigenvalue weighted by molar-refractivity contribution is -0.482. The van der Waals surface area contributed by atoms with Crippen molar-refractivity contribution >= 4 is 0 Å². The lowest BCUT2D eigenvalue weighted by atomic mass is 9.99. The first-order valence-electron chi connectivity index (χ1n) is 4.83. The van der Waals surface area contributed by atoms with Crippen LogP contribution in [0.15, 0.2) is 0 Å². The van der Waals surface area contributed by atoms with Crippen molar-refractivity contribution in [3.8, 4) is 0 Å². The Hall–Kier alpha value is -0.680. The van der Waals surface area contributed by atoms with Crippen molar-refractivity contribution in [3.05, 3.63) is 10.1 Å². The monoisotopic (exact) mass is 205 g/mol. The second-order valence-corrected chi connectivity index (χ2v) is 3.23. The van der Waals surface area contributed by atoms with Gasteiger partial charge in [-0.25, -0.2) is 0 Å². The molecule has 0 N–H and O–H groups in total. The smallest absolute Gasteiger partial charge is 0.204 e. The molecule has 0 spiro atoms. The van der Waals surface area contributed by atoms with Crippen molar-refractivity contribution in [2.45, 2.75) is 32.5 Å². The number of nitro groups is 1. The summed E-state index contributed by atoms with van der Waals surface area (Å²) in [5.74, 6) is 0.111. The summed E-state index contributed by atoms with van der Waals surface area (Å²) in [5, 5.41) is 10.2. The third-order valence-corrected chi connectivity index (χ3v) is 2.19. The van der Waals surface area contributed by atoms with Gasteiger partial charge < -0.3 is 9.47 Å². The highest BCUT2D eigenvalue weighted by molar-refractivity contribution is 4.62. The van der Waals surface area contributed by atoms with Gasteiger partial charge in [0.15, 0.2) is 6.29 Å².